The van der Waals surface area contributed by atoms with Crippen molar-refractivity contribution in [3.63, 3.8) is 0 Å². The smallest absolute Gasteiger partial charge is 0.254 e. The predicted molar refractivity (Wildman–Crippen MR) is 84.6 cm³/mol. The van der Waals surface area contributed by atoms with Gasteiger partial charge < -0.3 is 10.6 Å². The van der Waals surface area contributed by atoms with Gasteiger partial charge in [0, 0.05) is 16.7 Å². The molecule has 0 bridgehead atoms. The maximum atomic E-state index is 12.2. The SMILES string of the molecule is O=C(NC1CCNCC1)c1cnn(-c2cccc(Br)c2)c1. The maximum Gasteiger partial charge on any atom is 0.254 e. The summed E-state index contributed by atoms with van der Waals surface area (Å²) in [6.07, 6.45) is 5.33. The van der Waals surface area contributed by atoms with Gasteiger partial charge in [-0.15, -0.1) is 0 Å². The number of nitrogens with one attached hydrogen (secondary N) is 2. The van der Waals surface area contributed by atoms with Gasteiger partial charge in [-0.3, -0.25) is 4.79 Å². The van der Waals surface area contributed by atoms with E-state index in [4.69, 9.17) is 0 Å². The molecule has 21 heavy (non-hydrogen) atoms. The van der Waals surface area contributed by atoms with Crippen molar-refractivity contribution >= 4 is 21.8 Å². The van der Waals surface area contributed by atoms with Crippen LogP contribution in [0.1, 0.15) is 23.2 Å². The minimum Gasteiger partial charge on any atom is -0.349 e. The lowest BCUT2D eigenvalue weighted by molar-refractivity contribution is 0.0929. The van der Waals surface area contributed by atoms with Crippen LogP contribution >= 0.6 is 15.9 Å². The van der Waals surface area contributed by atoms with Gasteiger partial charge in [-0.1, -0.05) is 22.0 Å². The molecule has 0 aliphatic carbocycles. The largest absolute Gasteiger partial charge is 0.349 e. The Bertz CT molecular complexity index is 634. The molecule has 1 aliphatic heterocycles. The van der Waals surface area contributed by atoms with E-state index in [-0.39, 0.29) is 11.9 Å². The van der Waals surface area contributed by atoms with E-state index in [1.165, 1.54) is 0 Å². The van der Waals surface area contributed by atoms with E-state index in [0.29, 0.717) is 5.56 Å². The first kappa shape index (κ1) is 14.3. The minimum atomic E-state index is -0.0526. The summed E-state index contributed by atoms with van der Waals surface area (Å²) >= 11 is 3.43. The van der Waals surface area contributed by atoms with Gasteiger partial charge >= 0.3 is 0 Å². The fourth-order valence-corrected chi connectivity index (χ4v) is 2.82. The number of halogens is 1. The van der Waals surface area contributed by atoms with Crippen molar-refractivity contribution in [2.45, 2.75) is 18.9 Å². The van der Waals surface area contributed by atoms with Crippen LogP contribution in [0, 0.1) is 0 Å². The van der Waals surface area contributed by atoms with Gasteiger partial charge in [0.1, 0.15) is 0 Å². The lowest BCUT2D eigenvalue weighted by Crippen LogP contribution is -2.42. The topological polar surface area (TPSA) is 59.0 Å². The normalized spacial score (nSPS) is 15.9. The second kappa shape index (κ2) is 6.41. The zero-order valence-electron chi connectivity index (χ0n) is 11.6. The predicted octanol–water partition coefficient (Wildman–Crippen LogP) is 2.12. The van der Waals surface area contributed by atoms with Crippen LogP contribution in [0.15, 0.2) is 41.1 Å². The maximum absolute atomic E-state index is 12.2. The summed E-state index contributed by atoms with van der Waals surface area (Å²) < 4.78 is 2.69. The molecule has 1 aromatic carbocycles. The molecule has 110 valence electrons. The number of carbonyl (C=O) groups is 1. The summed E-state index contributed by atoms with van der Waals surface area (Å²) in [7, 11) is 0. The van der Waals surface area contributed by atoms with Crippen LogP contribution in [0.25, 0.3) is 5.69 Å². The number of rotatable bonds is 3. The van der Waals surface area contributed by atoms with Crippen LogP contribution in [0.3, 0.4) is 0 Å². The molecule has 1 aliphatic rings. The summed E-state index contributed by atoms with van der Waals surface area (Å²) in [5.74, 6) is -0.0526. The highest BCUT2D eigenvalue weighted by Gasteiger charge is 2.17. The Balaban J connectivity index is 1.70. The second-order valence-corrected chi connectivity index (χ2v) is 6.07. The number of hydrogen-bond donors (Lipinski definition) is 2. The molecule has 3 rings (SSSR count). The standard InChI is InChI=1S/C15H17BrN4O/c16-12-2-1-3-14(8-12)20-10-11(9-18-20)15(21)19-13-4-6-17-7-5-13/h1-3,8-10,13,17H,4-7H2,(H,19,21). The molecule has 0 saturated carbocycles. The summed E-state index contributed by atoms with van der Waals surface area (Å²) in [5, 5.41) is 10.6. The average molecular weight is 349 g/mol. The summed E-state index contributed by atoms with van der Waals surface area (Å²) in [6, 6.07) is 8.06. The molecule has 0 spiro atoms. The van der Waals surface area contributed by atoms with Crippen LogP contribution in [-0.2, 0) is 0 Å². The minimum absolute atomic E-state index is 0.0526. The Kier molecular flexibility index (Phi) is 4.36. The molecule has 0 radical (unpaired) electrons. The van der Waals surface area contributed by atoms with Gasteiger partial charge in [-0.2, -0.15) is 5.10 Å². The second-order valence-electron chi connectivity index (χ2n) is 5.15. The first-order chi connectivity index (χ1) is 10.2. The number of aromatic nitrogens is 2. The molecule has 6 heteroatoms. The summed E-state index contributed by atoms with van der Waals surface area (Å²) in [6.45, 7) is 1.92. The third-order valence-electron chi connectivity index (χ3n) is 3.59. The number of hydrogen-bond acceptors (Lipinski definition) is 3. The van der Waals surface area contributed by atoms with Gasteiger partial charge in [0.2, 0.25) is 0 Å². The molecule has 2 heterocycles. The fraction of sp³-hybridized carbons (Fsp3) is 0.333. The van der Waals surface area contributed by atoms with Crippen molar-refractivity contribution in [1.82, 2.24) is 20.4 Å². The quantitative estimate of drug-likeness (QED) is 0.893. The molecule has 5 nitrogen and oxygen atoms in total. The molecule has 0 atom stereocenters. The van der Waals surface area contributed by atoms with Gasteiger partial charge in [-0.05, 0) is 44.1 Å². The monoisotopic (exact) mass is 348 g/mol. The number of benzene rings is 1. The first-order valence-electron chi connectivity index (χ1n) is 7.04. The lowest BCUT2D eigenvalue weighted by atomic mass is 10.1. The molecule has 1 saturated heterocycles. The molecule has 1 fully saturated rings. The average Bonchev–Trinajstić information content (AvgIpc) is 2.98. The van der Waals surface area contributed by atoms with Gasteiger partial charge in [0.25, 0.3) is 5.91 Å². The van der Waals surface area contributed by atoms with E-state index in [1.54, 1.807) is 17.1 Å². The van der Waals surface area contributed by atoms with E-state index < -0.39 is 0 Å². The van der Waals surface area contributed by atoms with E-state index in [0.717, 1.165) is 36.1 Å². The van der Waals surface area contributed by atoms with Crippen LogP contribution in [0.5, 0.6) is 0 Å². The molecule has 2 aromatic rings. The molecule has 1 amide bonds. The zero-order chi connectivity index (χ0) is 14.7. The Hall–Kier alpha value is -1.66. The van der Waals surface area contributed by atoms with Crippen molar-refractivity contribution in [3.05, 3.63) is 46.7 Å². The Morgan fingerprint density at radius 3 is 2.95 bits per heavy atom. The molecular weight excluding hydrogens is 332 g/mol. The van der Waals surface area contributed by atoms with Gasteiger partial charge in [0.15, 0.2) is 0 Å². The molecular formula is C15H17BrN4O. The Morgan fingerprint density at radius 1 is 1.38 bits per heavy atom. The van der Waals surface area contributed by atoms with Gasteiger partial charge in [0.05, 0.1) is 17.4 Å². The van der Waals surface area contributed by atoms with Gasteiger partial charge in [-0.25, -0.2) is 4.68 Å². The molecule has 1 aromatic heterocycles. The summed E-state index contributed by atoms with van der Waals surface area (Å²) in [4.78, 5) is 12.2. The van der Waals surface area contributed by atoms with E-state index in [2.05, 4.69) is 31.7 Å². The Labute approximate surface area is 131 Å². The van der Waals surface area contributed by atoms with Crippen molar-refractivity contribution in [2.75, 3.05) is 13.1 Å². The summed E-state index contributed by atoms with van der Waals surface area (Å²) in [5.41, 5.74) is 1.51. The van der Waals surface area contributed by atoms with Crippen LogP contribution < -0.4 is 10.6 Å². The third-order valence-corrected chi connectivity index (χ3v) is 4.09. The van der Waals surface area contributed by atoms with E-state index >= 15 is 0 Å². The van der Waals surface area contributed by atoms with Crippen LogP contribution in [0.2, 0.25) is 0 Å². The zero-order valence-corrected chi connectivity index (χ0v) is 13.1. The number of carbonyl (C=O) groups excluding carboxylic acids is 1. The van der Waals surface area contributed by atoms with Crippen LogP contribution in [-0.4, -0.2) is 34.8 Å². The molecule has 2 N–H and O–H groups in total. The number of nitrogens with zero attached hydrogens (tertiary/aromatic N) is 2. The van der Waals surface area contributed by atoms with Crippen molar-refractivity contribution in [2.24, 2.45) is 0 Å². The Morgan fingerprint density at radius 2 is 2.19 bits per heavy atom. The van der Waals surface area contributed by atoms with Crippen molar-refractivity contribution < 1.29 is 4.79 Å². The fourth-order valence-electron chi connectivity index (χ4n) is 2.43. The highest BCUT2D eigenvalue weighted by Crippen LogP contribution is 2.15. The first-order valence-corrected chi connectivity index (χ1v) is 7.84. The van der Waals surface area contributed by atoms with Crippen molar-refractivity contribution in [3.8, 4) is 5.69 Å². The lowest BCUT2D eigenvalue weighted by Gasteiger charge is -2.23. The number of amides is 1. The van der Waals surface area contributed by atoms with Crippen LogP contribution in [0.4, 0.5) is 0 Å². The highest BCUT2D eigenvalue weighted by atomic mass is 79.9. The van der Waals surface area contributed by atoms with Crippen molar-refractivity contribution in [1.29, 1.82) is 0 Å². The third kappa shape index (κ3) is 3.51. The van der Waals surface area contributed by atoms with E-state index in [9.17, 15) is 4.79 Å². The number of piperidine rings is 1. The highest BCUT2D eigenvalue weighted by molar-refractivity contribution is 9.10. The molecule has 0 unspecified atom stereocenters. The van der Waals surface area contributed by atoms with E-state index in [1.807, 2.05) is 24.3 Å².